The lowest BCUT2D eigenvalue weighted by Gasteiger charge is -2.26. The zero-order valence-corrected chi connectivity index (χ0v) is 20.4. The van der Waals surface area contributed by atoms with Gasteiger partial charge >= 0.3 is 5.69 Å². The van der Waals surface area contributed by atoms with Crippen LogP contribution < -0.4 is 10.2 Å². The van der Waals surface area contributed by atoms with E-state index in [1.165, 1.54) is 31.4 Å². The van der Waals surface area contributed by atoms with Gasteiger partial charge in [-0.15, -0.1) is 0 Å². The molecule has 1 heterocycles. The summed E-state index contributed by atoms with van der Waals surface area (Å²) in [5, 5.41) is 27.0. The summed E-state index contributed by atoms with van der Waals surface area (Å²) in [5.41, 5.74) is 4.54. The van der Waals surface area contributed by atoms with Gasteiger partial charge in [0.25, 0.3) is 5.69 Å². The first-order chi connectivity index (χ1) is 18.0. The standard InChI is InChI=1S/C27H29N5O5/c33-31(34)23-11-14-25(27(20-23)32(35)36)28-29-26(22-7-3-1-4-8-22)19-21-9-12-24(13-10-21)37-18-17-30-15-5-2-6-16-30/h1,3-4,7-14,20,28H,2,5-6,15-19H2/b29-26+. The molecule has 0 saturated carbocycles. The predicted octanol–water partition coefficient (Wildman–Crippen LogP) is 5.43. The Balaban J connectivity index is 1.46. The maximum atomic E-state index is 11.5. The number of nitro benzene ring substituents is 2. The first-order valence-electron chi connectivity index (χ1n) is 12.2. The van der Waals surface area contributed by atoms with E-state index in [4.69, 9.17) is 4.74 Å². The Morgan fingerprint density at radius 1 is 0.919 bits per heavy atom. The van der Waals surface area contributed by atoms with Gasteiger partial charge in [-0.05, 0) is 55.3 Å². The number of piperidine rings is 1. The number of rotatable bonds is 11. The van der Waals surface area contributed by atoms with E-state index in [2.05, 4.69) is 15.4 Å². The first kappa shape index (κ1) is 25.8. The van der Waals surface area contributed by atoms with Crippen LogP contribution in [0.25, 0.3) is 0 Å². The highest BCUT2D eigenvalue weighted by Crippen LogP contribution is 2.29. The van der Waals surface area contributed by atoms with Crippen LogP contribution in [-0.2, 0) is 6.42 Å². The topological polar surface area (TPSA) is 123 Å². The molecule has 0 spiro atoms. The summed E-state index contributed by atoms with van der Waals surface area (Å²) in [6.45, 7) is 3.85. The lowest BCUT2D eigenvalue weighted by atomic mass is 10.0. The second kappa shape index (κ2) is 12.6. The lowest BCUT2D eigenvalue weighted by molar-refractivity contribution is -0.393. The summed E-state index contributed by atoms with van der Waals surface area (Å²) < 4.78 is 5.92. The van der Waals surface area contributed by atoms with Crippen LogP contribution in [-0.4, -0.2) is 46.7 Å². The van der Waals surface area contributed by atoms with Crippen molar-refractivity contribution >= 4 is 22.8 Å². The van der Waals surface area contributed by atoms with Crippen LogP contribution in [0.1, 0.15) is 30.4 Å². The predicted molar refractivity (Wildman–Crippen MR) is 142 cm³/mol. The van der Waals surface area contributed by atoms with Gasteiger partial charge in [0, 0.05) is 19.0 Å². The van der Waals surface area contributed by atoms with Gasteiger partial charge in [0.2, 0.25) is 0 Å². The van der Waals surface area contributed by atoms with Gasteiger partial charge in [0.1, 0.15) is 18.0 Å². The van der Waals surface area contributed by atoms with E-state index in [1.807, 2.05) is 54.6 Å². The molecule has 1 aliphatic rings. The van der Waals surface area contributed by atoms with Crippen molar-refractivity contribution in [2.75, 3.05) is 31.7 Å². The van der Waals surface area contributed by atoms with Gasteiger partial charge in [0.05, 0.1) is 21.6 Å². The smallest absolute Gasteiger partial charge is 0.301 e. The van der Waals surface area contributed by atoms with Crippen LogP contribution in [0.2, 0.25) is 0 Å². The Morgan fingerprint density at radius 2 is 1.65 bits per heavy atom. The van der Waals surface area contributed by atoms with Crippen molar-refractivity contribution in [1.82, 2.24) is 4.90 Å². The Labute approximate surface area is 214 Å². The molecule has 0 aliphatic carbocycles. The largest absolute Gasteiger partial charge is 0.492 e. The number of anilines is 1. The van der Waals surface area contributed by atoms with Gasteiger partial charge in [-0.2, -0.15) is 5.10 Å². The third kappa shape index (κ3) is 7.34. The minimum absolute atomic E-state index is 0.0708. The maximum absolute atomic E-state index is 11.5. The maximum Gasteiger partial charge on any atom is 0.301 e. The fraction of sp³-hybridized carbons (Fsp3) is 0.296. The van der Waals surface area contributed by atoms with Crippen LogP contribution in [0.15, 0.2) is 77.9 Å². The van der Waals surface area contributed by atoms with E-state index >= 15 is 0 Å². The van der Waals surface area contributed by atoms with Crippen LogP contribution in [0, 0.1) is 20.2 Å². The van der Waals surface area contributed by atoms with Crippen molar-refractivity contribution in [3.63, 3.8) is 0 Å². The van der Waals surface area contributed by atoms with Gasteiger partial charge in [-0.3, -0.25) is 30.6 Å². The van der Waals surface area contributed by atoms with E-state index < -0.39 is 15.5 Å². The van der Waals surface area contributed by atoms with E-state index in [9.17, 15) is 20.2 Å². The molecule has 1 saturated heterocycles. The average molecular weight is 504 g/mol. The molecule has 0 amide bonds. The Morgan fingerprint density at radius 3 is 2.32 bits per heavy atom. The number of nitro groups is 2. The molecule has 192 valence electrons. The summed E-state index contributed by atoms with van der Waals surface area (Å²) in [6, 6.07) is 20.7. The highest BCUT2D eigenvalue weighted by atomic mass is 16.6. The Hall–Kier alpha value is -4.31. The van der Waals surface area contributed by atoms with Gasteiger partial charge < -0.3 is 4.74 Å². The van der Waals surface area contributed by atoms with Crippen LogP contribution >= 0.6 is 0 Å². The molecule has 0 aromatic heterocycles. The van der Waals surface area contributed by atoms with Gasteiger partial charge in [-0.1, -0.05) is 48.9 Å². The molecule has 1 fully saturated rings. The quantitative estimate of drug-likeness (QED) is 0.210. The third-order valence-electron chi connectivity index (χ3n) is 6.23. The molecule has 10 heteroatoms. The second-order valence-corrected chi connectivity index (χ2v) is 8.82. The molecule has 0 bridgehead atoms. The van der Waals surface area contributed by atoms with E-state index in [1.54, 1.807) is 0 Å². The number of non-ortho nitro benzene ring substituents is 1. The summed E-state index contributed by atoms with van der Waals surface area (Å²) in [5.74, 6) is 0.804. The number of likely N-dealkylation sites (tertiary alicyclic amines) is 1. The van der Waals surface area contributed by atoms with Crippen molar-refractivity contribution in [3.8, 4) is 5.75 Å². The average Bonchev–Trinajstić information content (AvgIpc) is 2.92. The summed E-state index contributed by atoms with van der Waals surface area (Å²) in [7, 11) is 0. The second-order valence-electron chi connectivity index (χ2n) is 8.82. The molecule has 37 heavy (non-hydrogen) atoms. The number of hydrogen-bond acceptors (Lipinski definition) is 8. The van der Waals surface area contributed by atoms with Crippen molar-refractivity contribution in [3.05, 3.63) is 104 Å². The van der Waals surface area contributed by atoms with E-state index in [0.717, 1.165) is 42.6 Å². The summed E-state index contributed by atoms with van der Waals surface area (Å²) in [4.78, 5) is 23.6. The fourth-order valence-corrected chi connectivity index (χ4v) is 4.22. The fourth-order valence-electron chi connectivity index (χ4n) is 4.22. The highest BCUT2D eigenvalue weighted by Gasteiger charge is 2.19. The van der Waals surface area contributed by atoms with Gasteiger partial charge in [0.15, 0.2) is 0 Å². The van der Waals surface area contributed by atoms with Crippen molar-refractivity contribution in [1.29, 1.82) is 0 Å². The molecule has 10 nitrogen and oxygen atoms in total. The SMILES string of the molecule is O=[N+]([O-])c1ccc(N/N=C(\Cc2ccc(OCCN3CCCCC3)cc2)c2ccccc2)c([N+](=O)[O-])c1. The van der Waals surface area contributed by atoms with Crippen LogP contribution in [0.3, 0.4) is 0 Å². The van der Waals surface area contributed by atoms with Crippen molar-refractivity contribution in [2.45, 2.75) is 25.7 Å². The molecule has 3 aromatic carbocycles. The number of benzene rings is 3. The monoisotopic (exact) mass is 503 g/mol. The summed E-state index contributed by atoms with van der Waals surface area (Å²) >= 11 is 0. The normalized spacial score (nSPS) is 14.2. The molecule has 0 radical (unpaired) electrons. The minimum atomic E-state index is -0.670. The molecule has 3 aromatic rings. The van der Waals surface area contributed by atoms with Crippen LogP contribution in [0.5, 0.6) is 5.75 Å². The van der Waals surface area contributed by atoms with E-state index in [0.29, 0.717) is 18.7 Å². The van der Waals surface area contributed by atoms with Crippen molar-refractivity contribution in [2.24, 2.45) is 5.10 Å². The van der Waals surface area contributed by atoms with Crippen molar-refractivity contribution < 1.29 is 14.6 Å². The number of hydrogen-bond donors (Lipinski definition) is 1. The molecule has 0 unspecified atom stereocenters. The molecular weight excluding hydrogens is 474 g/mol. The number of hydrazone groups is 1. The Kier molecular flexibility index (Phi) is 8.77. The van der Waals surface area contributed by atoms with Crippen LogP contribution in [0.4, 0.5) is 17.1 Å². The first-order valence-corrected chi connectivity index (χ1v) is 12.2. The molecule has 0 atom stereocenters. The third-order valence-corrected chi connectivity index (χ3v) is 6.23. The molecular formula is C27H29N5O5. The van der Waals surface area contributed by atoms with E-state index in [-0.39, 0.29) is 11.4 Å². The highest BCUT2D eigenvalue weighted by molar-refractivity contribution is 6.02. The summed E-state index contributed by atoms with van der Waals surface area (Å²) in [6.07, 6.45) is 4.29. The lowest BCUT2D eigenvalue weighted by Crippen LogP contribution is -2.33. The number of ether oxygens (including phenoxy) is 1. The minimum Gasteiger partial charge on any atom is -0.492 e. The number of nitrogens with one attached hydrogen (secondary N) is 1. The molecule has 1 N–H and O–H groups in total. The zero-order valence-electron chi connectivity index (χ0n) is 20.4. The number of nitrogens with zero attached hydrogens (tertiary/aromatic N) is 4. The molecule has 4 rings (SSSR count). The Bertz CT molecular complexity index is 1240. The zero-order chi connectivity index (χ0) is 26.0. The molecule has 1 aliphatic heterocycles. The van der Waals surface area contributed by atoms with Gasteiger partial charge in [-0.25, -0.2) is 0 Å².